The van der Waals surface area contributed by atoms with Gasteiger partial charge in [-0.1, -0.05) is 0 Å². The first-order valence-corrected chi connectivity index (χ1v) is 10.4. The van der Waals surface area contributed by atoms with Crippen LogP contribution in [0.5, 0.6) is 0 Å². The fraction of sp³-hybridized carbons (Fsp3) is 0.444. The van der Waals surface area contributed by atoms with Gasteiger partial charge in [0.1, 0.15) is 5.82 Å². The molecule has 1 unspecified atom stereocenters. The summed E-state index contributed by atoms with van der Waals surface area (Å²) < 4.78 is 37.5. The van der Waals surface area contributed by atoms with Gasteiger partial charge in [-0.25, -0.2) is 12.8 Å². The Morgan fingerprint density at radius 3 is 2.73 bits per heavy atom. The van der Waals surface area contributed by atoms with Crippen molar-refractivity contribution in [1.82, 2.24) is 15.1 Å². The van der Waals surface area contributed by atoms with E-state index >= 15 is 0 Å². The van der Waals surface area contributed by atoms with Gasteiger partial charge in [-0.15, -0.1) is 0 Å². The third-order valence-electron chi connectivity index (χ3n) is 4.65. The number of benzene rings is 1. The lowest BCUT2D eigenvalue weighted by Crippen LogP contribution is -2.25. The molecule has 1 aliphatic heterocycles. The molecule has 1 N–H and O–H groups in total. The summed E-state index contributed by atoms with van der Waals surface area (Å²) in [5.74, 6) is 0.167. The highest BCUT2D eigenvalue weighted by molar-refractivity contribution is 7.91. The van der Waals surface area contributed by atoms with Crippen molar-refractivity contribution in [3.8, 4) is 11.3 Å². The molecule has 2 heterocycles. The molecular formula is C18H22FN3O3S. The summed E-state index contributed by atoms with van der Waals surface area (Å²) in [4.78, 5) is 12.3. The molecule has 1 aliphatic rings. The summed E-state index contributed by atoms with van der Waals surface area (Å²) in [5, 5.41) is 7.04. The number of carbonyl (C=O) groups is 1. The molecule has 1 saturated heterocycles. The SMILES string of the molecule is Cn1nc(C(=O)NCCCC2CCS(=O)(=O)C2)cc1-c1ccc(F)cc1. The van der Waals surface area contributed by atoms with E-state index in [9.17, 15) is 17.6 Å². The number of halogens is 1. The Bertz CT molecular complexity index is 891. The van der Waals surface area contributed by atoms with Gasteiger partial charge in [0.15, 0.2) is 15.5 Å². The Labute approximate surface area is 152 Å². The van der Waals surface area contributed by atoms with Crippen molar-refractivity contribution in [3.05, 3.63) is 41.8 Å². The van der Waals surface area contributed by atoms with Crippen molar-refractivity contribution in [2.45, 2.75) is 19.3 Å². The summed E-state index contributed by atoms with van der Waals surface area (Å²) in [6.45, 7) is 0.484. The van der Waals surface area contributed by atoms with E-state index in [1.165, 1.54) is 12.1 Å². The van der Waals surface area contributed by atoms with Crippen LogP contribution in [0.3, 0.4) is 0 Å². The number of aryl methyl sites for hydroxylation is 1. The van der Waals surface area contributed by atoms with Gasteiger partial charge >= 0.3 is 0 Å². The molecule has 0 bridgehead atoms. The molecule has 6 nitrogen and oxygen atoms in total. The number of nitrogens with zero attached hydrogens (tertiary/aromatic N) is 2. The first-order chi connectivity index (χ1) is 12.3. The van der Waals surface area contributed by atoms with Crippen molar-refractivity contribution in [2.24, 2.45) is 13.0 Å². The first-order valence-electron chi connectivity index (χ1n) is 8.63. The van der Waals surface area contributed by atoms with Crippen LogP contribution < -0.4 is 5.32 Å². The molecule has 0 radical (unpaired) electrons. The fourth-order valence-corrected chi connectivity index (χ4v) is 5.16. The third-order valence-corrected chi connectivity index (χ3v) is 6.49. The van der Waals surface area contributed by atoms with E-state index in [1.54, 1.807) is 29.9 Å². The van der Waals surface area contributed by atoms with Gasteiger partial charge in [-0.3, -0.25) is 9.48 Å². The van der Waals surface area contributed by atoms with Crippen molar-refractivity contribution in [3.63, 3.8) is 0 Å². The van der Waals surface area contributed by atoms with E-state index in [4.69, 9.17) is 0 Å². The molecule has 0 aliphatic carbocycles. The monoisotopic (exact) mass is 379 g/mol. The lowest BCUT2D eigenvalue weighted by molar-refractivity contribution is 0.0947. The van der Waals surface area contributed by atoms with Crippen LogP contribution in [0.25, 0.3) is 11.3 Å². The predicted octanol–water partition coefficient (Wildman–Crippen LogP) is 2.17. The molecule has 0 saturated carbocycles. The van der Waals surface area contributed by atoms with Crippen LogP contribution >= 0.6 is 0 Å². The summed E-state index contributed by atoms with van der Waals surface area (Å²) in [7, 11) is -1.11. The van der Waals surface area contributed by atoms with Crippen LogP contribution in [0.4, 0.5) is 4.39 Å². The number of sulfone groups is 1. The Balaban J connectivity index is 1.52. The standard InChI is InChI=1S/C18H22FN3O3S/c1-22-17(14-4-6-15(19)7-5-14)11-16(21-22)18(23)20-9-2-3-13-8-10-26(24,25)12-13/h4-7,11,13H,2-3,8-10,12H2,1H3,(H,20,23). The number of nitrogens with one attached hydrogen (secondary N) is 1. The van der Waals surface area contributed by atoms with E-state index in [1.807, 2.05) is 0 Å². The van der Waals surface area contributed by atoms with Crippen molar-refractivity contribution in [2.75, 3.05) is 18.1 Å². The molecule has 140 valence electrons. The van der Waals surface area contributed by atoms with Crippen LogP contribution in [-0.4, -0.2) is 42.2 Å². The quantitative estimate of drug-likeness (QED) is 0.780. The van der Waals surface area contributed by atoms with Gasteiger partial charge in [0.05, 0.1) is 17.2 Å². The van der Waals surface area contributed by atoms with Gasteiger partial charge in [0.2, 0.25) is 0 Å². The van der Waals surface area contributed by atoms with Crippen LogP contribution in [0.2, 0.25) is 0 Å². The normalized spacial score (nSPS) is 18.8. The predicted molar refractivity (Wildman–Crippen MR) is 96.9 cm³/mol. The number of amides is 1. The highest BCUT2D eigenvalue weighted by Crippen LogP contribution is 2.23. The van der Waals surface area contributed by atoms with Crippen LogP contribution in [-0.2, 0) is 16.9 Å². The van der Waals surface area contributed by atoms with Gasteiger partial charge in [-0.05, 0) is 61.1 Å². The average molecular weight is 379 g/mol. The largest absolute Gasteiger partial charge is 0.351 e. The number of aromatic nitrogens is 2. The number of hydrogen-bond donors (Lipinski definition) is 1. The fourth-order valence-electron chi connectivity index (χ4n) is 3.25. The van der Waals surface area contributed by atoms with E-state index in [0.717, 1.165) is 30.5 Å². The minimum atomic E-state index is -2.85. The van der Waals surface area contributed by atoms with Gasteiger partial charge in [-0.2, -0.15) is 5.10 Å². The Morgan fingerprint density at radius 2 is 2.08 bits per heavy atom. The molecule has 2 aromatic rings. The van der Waals surface area contributed by atoms with E-state index < -0.39 is 9.84 Å². The van der Waals surface area contributed by atoms with E-state index in [-0.39, 0.29) is 29.1 Å². The molecule has 8 heteroatoms. The molecule has 1 atom stereocenters. The van der Waals surface area contributed by atoms with E-state index in [0.29, 0.717) is 12.2 Å². The molecule has 1 amide bonds. The second kappa shape index (κ2) is 7.57. The zero-order valence-corrected chi connectivity index (χ0v) is 15.4. The highest BCUT2D eigenvalue weighted by Gasteiger charge is 2.27. The zero-order valence-electron chi connectivity index (χ0n) is 14.6. The number of hydrogen-bond acceptors (Lipinski definition) is 4. The van der Waals surface area contributed by atoms with Crippen molar-refractivity contribution in [1.29, 1.82) is 0 Å². The summed E-state index contributed by atoms with van der Waals surface area (Å²) in [6, 6.07) is 7.69. The highest BCUT2D eigenvalue weighted by atomic mass is 32.2. The topological polar surface area (TPSA) is 81.1 Å². The molecule has 3 rings (SSSR count). The second-order valence-electron chi connectivity index (χ2n) is 6.71. The molecule has 1 aromatic carbocycles. The Kier molecular flexibility index (Phi) is 5.41. The maximum absolute atomic E-state index is 13.0. The Morgan fingerprint density at radius 1 is 1.35 bits per heavy atom. The lowest BCUT2D eigenvalue weighted by Gasteiger charge is -2.07. The number of carbonyl (C=O) groups excluding carboxylic acids is 1. The third kappa shape index (κ3) is 4.49. The minimum Gasteiger partial charge on any atom is -0.351 e. The smallest absolute Gasteiger partial charge is 0.271 e. The maximum Gasteiger partial charge on any atom is 0.271 e. The van der Waals surface area contributed by atoms with Crippen molar-refractivity contribution >= 4 is 15.7 Å². The zero-order chi connectivity index (χ0) is 18.7. The molecule has 1 fully saturated rings. The van der Waals surface area contributed by atoms with E-state index in [2.05, 4.69) is 10.4 Å². The molecule has 1 aromatic heterocycles. The first kappa shape index (κ1) is 18.6. The molecular weight excluding hydrogens is 357 g/mol. The summed E-state index contributed by atoms with van der Waals surface area (Å²) in [6.07, 6.45) is 2.25. The Hall–Kier alpha value is -2.22. The van der Waals surface area contributed by atoms with Crippen LogP contribution in [0, 0.1) is 11.7 Å². The minimum absolute atomic E-state index is 0.205. The summed E-state index contributed by atoms with van der Waals surface area (Å²) >= 11 is 0. The van der Waals surface area contributed by atoms with Gasteiger partial charge < -0.3 is 5.32 Å². The number of rotatable bonds is 6. The molecule has 0 spiro atoms. The van der Waals surface area contributed by atoms with Crippen LogP contribution in [0.1, 0.15) is 29.8 Å². The second-order valence-corrected chi connectivity index (χ2v) is 8.94. The van der Waals surface area contributed by atoms with Gasteiger partial charge in [0.25, 0.3) is 5.91 Å². The van der Waals surface area contributed by atoms with Crippen molar-refractivity contribution < 1.29 is 17.6 Å². The van der Waals surface area contributed by atoms with Crippen LogP contribution in [0.15, 0.2) is 30.3 Å². The maximum atomic E-state index is 13.0. The lowest BCUT2D eigenvalue weighted by atomic mass is 10.0. The average Bonchev–Trinajstić information content (AvgIpc) is 3.14. The molecule has 26 heavy (non-hydrogen) atoms. The summed E-state index contributed by atoms with van der Waals surface area (Å²) in [5.41, 5.74) is 1.81. The van der Waals surface area contributed by atoms with Gasteiger partial charge in [0, 0.05) is 13.6 Å².